The standard InChI is InChI=1S/C24H19NO4S2/c1-15-3-5-16(6-4-15)14-25-22(26)21(31-24(25)30)13-19-11-12-20(29-19)17-7-9-18(10-8-17)23(27)28-2/h3-13H,14H2,1-2H3/b21-13+. The van der Waals surface area contributed by atoms with E-state index < -0.39 is 0 Å². The fraction of sp³-hybridized carbons (Fsp3) is 0.125. The van der Waals surface area contributed by atoms with E-state index in [1.165, 1.54) is 24.4 Å². The van der Waals surface area contributed by atoms with Crippen LogP contribution in [0.1, 0.15) is 27.2 Å². The van der Waals surface area contributed by atoms with Crippen molar-refractivity contribution in [2.24, 2.45) is 0 Å². The number of carbonyl (C=O) groups is 2. The van der Waals surface area contributed by atoms with Crippen molar-refractivity contribution in [3.63, 3.8) is 0 Å². The molecule has 156 valence electrons. The Labute approximate surface area is 189 Å². The summed E-state index contributed by atoms with van der Waals surface area (Å²) < 4.78 is 11.1. The number of esters is 1. The average Bonchev–Trinajstić information content (AvgIpc) is 3.35. The van der Waals surface area contributed by atoms with Crippen molar-refractivity contribution < 1.29 is 18.7 Å². The van der Waals surface area contributed by atoms with Crippen molar-refractivity contribution in [3.8, 4) is 11.3 Å². The molecule has 1 fully saturated rings. The van der Waals surface area contributed by atoms with E-state index in [2.05, 4.69) is 0 Å². The lowest BCUT2D eigenvalue weighted by molar-refractivity contribution is -0.122. The van der Waals surface area contributed by atoms with E-state index >= 15 is 0 Å². The highest BCUT2D eigenvalue weighted by Gasteiger charge is 2.32. The number of hydrogen-bond donors (Lipinski definition) is 0. The minimum absolute atomic E-state index is 0.129. The van der Waals surface area contributed by atoms with Crippen molar-refractivity contribution in [3.05, 3.63) is 88.0 Å². The van der Waals surface area contributed by atoms with Crippen LogP contribution in [0.2, 0.25) is 0 Å². The number of nitrogens with zero attached hydrogens (tertiary/aromatic N) is 1. The second kappa shape index (κ2) is 8.91. The van der Waals surface area contributed by atoms with Gasteiger partial charge in [0.05, 0.1) is 24.1 Å². The molecule has 0 bridgehead atoms. The molecule has 0 N–H and O–H groups in total. The lowest BCUT2D eigenvalue weighted by atomic mass is 10.1. The number of ether oxygens (including phenoxy) is 1. The van der Waals surface area contributed by atoms with Crippen LogP contribution in [-0.2, 0) is 16.1 Å². The molecular formula is C24H19NO4S2. The van der Waals surface area contributed by atoms with E-state index in [-0.39, 0.29) is 11.9 Å². The number of benzene rings is 2. The Morgan fingerprint density at radius 3 is 2.48 bits per heavy atom. The molecule has 1 saturated heterocycles. The molecule has 0 unspecified atom stereocenters. The summed E-state index contributed by atoms with van der Waals surface area (Å²) in [7, 11) is 1.35. The molecule has 2 aromatic carbocycles. The Balaban J connectivity index is 1.50. The number of hydrogen-bond acceptors (Lipinski definition) is 6. The number of rotatable bonds is 5. The summed E-state index contributed by atoms with van der Waals surface area (Å²) >= 11 is 6.69. The molecule has 1 aliphatic heterocycles. The first kappa shape index (κ1) is 21.1. The first-order valence-electron chi connectivity index (χ1n) is 9.54. The zero-order valence-corrected chi connectivity index (χ0v) is 18.6. The minimum atomic E-state index is -0.389. The molecule has 3 aromatic rings. The van der Waals surface area contributed by atoms with Gasteiger partial charge < -0.3 is 9.15 Å². The van der Waals surface area contributed by atoms with Crippen LogP contribution in [0.15, 0.2) is 70.0 Å². The summed E-state index contributed by atoms with van der Waals surface area (Å²) in [6.07, 6.45) is 1.71. The van der Waals surface area contributed by atoms with E-state index in [0.717, 1.165) is 11.1 Å². The normalized spacial score (nSPS) is 15.0. The van der Waals surface area contributed by atoms with Crippen LogP contribution in [0.25, 0.3) is 17.4 Å². The molecule has 1 aliphatic rings. The van der Waals surface area contributed by atoms with Crippen LogP contribution in [0, 0.1) is 6.92 Å². The number of thioether (sulfide) groups is 1. The third-order valence-corrected chi connectivity index (χ3v) is 6.20. The summed E-state index contributed by atoms with van der Waals surface area (Å²) in [5.41, 5.74) is 3.48. The number of methoxy groups -OCH3 is 1. The minimum Gasteiger partial charge on any atom is -0.465 e. The van der Waals surface area contributed by atoms with Gasteiger partial charge in [-0.2, -0.15) is 0 Å². The Morgan fingerprint density at radius 2 is 1.81 bits per heavy atom. The van der Waals surface area contributed by atoms with Crippen molar-refractivity contribution in [2.75, 3.05) is 7.11 Å². The number of furan rings is 1. The molecule has 1 aromatic heterocycles. The summed E-state index contributed by atoms with van der Waals surface area (Å²) in [4.78, 5) is 26.6. The third-order valence-electron chi connectivity index (χ3n) is 4.83. The maximum Gasteiger partial charge on any atom is 0.337 e. The van der Waals surface area contributed by atoms with Gasteiger partial charge in [0.2, 0.25) is 0 Å². The van der Waals surface area contributed by atoms with Gasteiger partial charge in [-0.15, -0.1) is 0 Å². The topological polar surface area (TPSA) is 59.8 Å². The second-order valence-electron chi connectivity index (χ2n) is 7.02. The highest BCUT2D eigenvalue weighted by molar-refractivity contribution is 8.26. The first-order chi connectivity index (χ1) is 14.9. The maximum absolute atomic E-state index is 12.9. The van der Waals surface area contributed by atoms with Crippen LogP contribution in [0.5, 0.6) is 0 Å². The zero-order valence-electron chi connectivity index (χ0n) is 17.0. The molecule has 1 amide bonds. The predicted molar refractivity (Wildman–Crippen MR) is 125 cm³/mol. The highest BCUT2D eigenvalue weighted by Crippen LogP contribution is 2.34. The second-order valence-corrected chi connectivity index (χ2v) is 8.70. The van der Waals surface area contributed by atoms with Crippen LogP contribution in [-0.4, -0.2) is 28.2 Å². The molecule has 0 atom stereocenters. The summed E-state index contributed by atoms with van der Waals surface area (Å²) in [6, 6.07) is 18.6. The van der Waals surface area contributed by atoms with E-state index in [1.807, 2.05) is 37.3 Å². The van der Waals surface area contributed by atoms with Gasteiger partial charge in [0.1, 0.15) is 15.8 Å². The monoisotopic (exact) mass is 449 g/mol. The molecule has 31 heavy (non-hydrogen) atoms. The Bertz CT molecular complexity index is 1180. The summed E-state index contributed by atoms with van der Waals surface area (Å²) in [5.74, 6) is 0.677. The lowest BCUT2D eigenvalue weighted by Gasteiger charge is -2.14. The van der Waals surface area contributed by atoms with Crippen molar-refractivity contribution in [2.45, 2.75) is 13.5 Å². The maximum atomic E-state index is 12.9. The number of carbonyl (C=O) groups excluding carboxylic acids is 2. The largest absolute Gasteiger partial charge is 0.465 e. The molecule has 0 spiro atoms. The number of aryl methyl sites for hydroxylation is 1. The Hall–Kier alpha value is -3.16. The molecular weight excluding hydrogens is 430 g/mol. The number of amides is 1. The third kappa shape index (κ3) is 4.62. The summed E-state index contributed by atoms with van der Waals surface area (Å²) in [6.45, 7) is 2.47. The predicted octanol–water partition coefficient (Wildman–Crippen LogP) is 5.44. The van der Waals surface area contributed by atoms with Crippen molar-refractivity contribution in [1.29, 1.82) is 0 Å². The molecule has 0 saturated carbocycles. The zero-order chi connectivity index (χ0) is 22.0. The Kier molecular flexibility index (Phi) is 6.06. The Morgan fingerprint density at radius 1 is 1.10 bits per heavy atom. The van der Waals surface area contributed by atoms with Crippen LogP contribution in [0.3, 0.4) is 0 Å². The van der Waals surface area contributed by atoms with E-state index in [4.69, 9.17) is 21.4 Å². The highest BCUT2D eigenvalue weighted by atomic mass is 32.2. The molecule has 0 aliphatic carbocycles. The van der Waals surface area contributed by atoms with Gasteiger partial charge in [-0.05, 0) is 36.8 Å². The van der Waals surface area contributed by atoms with Crippen LogP contribution in [0.4, 0.5) is 0 Å². The number of thiocarbonyl (C=S) groups is 1. The van der Waals surface area contributed by atoms with Gasteiger partial charge in [-0.1, -0.05) is 65.9 Å². The van der Waals surface area contributed by atoms with Crippen LogP contribution < -0.4 is 0 Å². The van der Waals surface area contributed by atoms with Gasteiger partial charge in [0.25, 0.3) is 5.91 Å². The molecule has 7 heteroatoms. The van der Waals surface area contributed by atoms with Gasteiger partial charge in [0.15, 0.2) is 0 Å². The fourth-order valence-corrected chi connectivity index (χ4v) is 4.35. The van der Waals surface area contributed by atoms with E-state index in [0.29, 0.717) is 32.9 Å². The average molecular weight is 450 g/mol. The molecule has 4 rings (SSSR count). The molecule has 2 heterocycles. The molecule has 5 nitrogen and oxygen atoms in total. The van der Waals surface area contributed by atoms with Gasteiger partial charge in [-0.3, -0.25) is 9.69 Å². The SMILES string of the molecule is COC(=O)c1ccc(-c2ccc(/C=C3/SC(=S)N(Cc4ccc(C)cc4)C3=O)o2)cc1. The van der Waals surface area contributed by atoms with Gasteiger partial charge >= 0.3 is 5.97 Å². The first-order valence-corrected chi connectivity index (χ1v) is 10.8. The quantitative estimate of drug-likeness (QED) is 0.294. The lowest BCUT2D eigenvalue weighted by Crippen LogP contribution is -2.27. The van der Waals surface area contributed by atoms with Gasteiger partial charge in [-0.25, -0.2) is 4.79 Å². The smallest absolute Gasteiger partial charge is 0.337 e. The summed E-state index contributed by atoms with van der Waals surface area (Å²) in [5, 5.41) is 0. The van der Waals surface area contributed by atoms with E-state index in [1.54, 1.807) is 41.3 Å². The fourth-order valence-electron chi connectivity index (χ4n) is 3.12. The molecule has 0 radical (unpaired) electrons. The van der Waals surface area contributed by atoms with Crippen LogP contribution >= 0.6 is 24.0 Å². The van der Waals surface area contributed by atoms with Crippen molar-refractivity contribution >= 4 is 46.3 Å². The van der Waals surface area contributed by atoms with Gasteiger partial charge in [0, 0.05) is 11.6 Å². The van der Waals surface area contributed by atoms with Crippen molar-refractivity contribution in [1.82, 2.24) is 4.90 Å². The van der Waals surface area contributed by atoms with E-state index in [9.17, 15) is 9.59 Å².